The van der Waals surface area contributed by atoms with Crippen molar-refractivity contribution < 1.29 is 0 Å². The molecule has 1 nitrogen and oxygen atoms in total. The molecule has 0 spiro atoms. The summed E-state index contributed by atoms with van der Waals surface area (Å²) in [6.45, 7) is 6.55. The molecule has 96 valence electrons. The van der Waals surface area contributed by atoms with Gasteiger partial charge >= 0.3 is 0 Å². The molecule has 0 aliphatic carbocycles. The first kappa shape index (κ1) is 12.0. The van der Waals surface area contributed by atoms with E-state index < -0.39 is 0 Å². The molecule has 3 aromatic carbocycles. The Hall–Kier alpha value is -2.02. The minimum Gasteiger partial charge on any atom is -0.398 e. The lowest BCUT2D eigenvalue weighted by Crippen LogP contribution is -1.91. The molecule has 0 atom stereocenters. The fourth-order valence-corrected chi connectivity index (χ4v) is 2.69. The SMILES string of the molecule is Cc1c(N)ccc2c1ccc1cc(C(C)C)ccc12. The molecule has 0 unspecified atom stereocenters. The Morgan fingerprint density at radius 3 is 2.26 bits per heavy atom. The van der Waals surface area contributed by atoms with Gasteiger partial charge in [-0.1, -0.05) is 50.2 Å². The summed E-state index contributed by atoms with van der Waals surface area (Å²) in [5.74, 6) is 0.563. The van der Waals surface area contributed by atoms with Gasteiger partial charge in [0.2, 0.25) is 0 Å². The Kier molecular flexibility index (Phi) is 2.70. The van der Waals surface area contributed by atoms with E-state index in [-0.39, 0.29) is 0 Å². The summed E-state index contributed by atoms with van der Waals surface area (Å²) < 4.78 is 0. The minimum atomic E-state index is 0.563. The zero-order valence-corrected chi connectivity index (χ0v) is 11.7. The first-order chi connectivity index (χ1) is 9.08. The van der Waals surface area contributed by atoms with E-state index in [9.17, 15) is 0 Å². The molecule has 0 fully saturated rings. The Balaban J connectivity index is 2.38. The van der Waals surface area contributed by atoms with Gasteiger partial charge in [0, 0.05) is 5.69 Å². The van der Waals surface area contributed by atoms with Crippen LogP contribution in [0.3, 0.4) is 0 Å². The van der Waals surface area contributed by atoms with Crippen LogP contribution < -0.4 is 5.73 Å². The molecule has 1 heteroatoms. The minimum absolute atomic E-state index is 0.563. The lowest BCUT2D eigenvalue weighted by molar-refractivity contribution is 0.869. The molecule has 0 saturated heterocycles. The molecule has 3 rings (SSSR count). The fraction of sp³-hybridized carbons (Fsp3) is 0.222. The standard InChI is InChI=1S/C18H19N/c1-11(2)13-4-7-16-14(10-13)5-6-15-12(3)18(19)9-8-17(15)16/h4-11H,19H2,1-3H3. The molecule has 0 bridgehead atoms. The van der Waals surface area contributed by atoms with E-state index in [1.807, 2.05) is 6.07 Å². The second kappa shape index (κ2) is 4.27. The Morgan fingerprint density at radius 2 is 1.53 bits per heavy atom. The molecule has 0 heterocycles. The third-order valence-corrected chi connectivity index (χ3v) is 4.02. The van der Waals surface area contributed by atoms with E-state index in [1.54, 1.807) is 0 Å². The number of rotatable bonds is 1. The molecule has 0 aliphatic heterocycles. The summed E-state index contributed by atoms with van der Waals surface area (Å²) >= 11 is 0. The van der Waals surface area contributed by atoms with E-state index >= 15 is 0 Å². The van der Waals surface area contributed by atoms with E-state index in [1.165, 1.54) is 32.7 Å². The van der Waals surface area contributed by atoms with Crippen LogP contribution in [-0.4, -0.2) is 0 Å². The topological polar surface area (TPSA) is 26.0 Å². The monoisotopic (exact) mass is 249 g/mol. The number of aryl methyl sites for hydroxylation is 1. The number of fused-ring (bicyclic) bond motifs is 3. The maximum Gasteiger partial charge on any atom is 0.0350 e. The predicted molar refractivity (Wildman–Crippen MR) is 84.7 cm³/mol. The van der Waals surface area contributed by atoms with Crippen molar-refractivity contribution in [2.45, 2.75) is 26.7 Å². The highest BCUT2D eigenvalue weighted by atomic mass is 14.6. The van der Waals surface area contributed by atoms with Gasteiger partial charge in [-0.2, -0.15) is 0 Å². The average molecular weight is 249 g/mol. The molecule has 19 heavy (non-hydrogen) atoms. The molecule has 0 aromatic heterocycles. The molecule has 2 N–H and O–H groups in total. The number of hydrogen-bond acceptors (Lipinski definition) is 1. The number of anilines is 1. The van der Waals surface area contributed by atoms with Crippen LogP contribution in [0.25, 0.3) is 21.5 Å². The predicted octanol–water partition coefficient (Wildman–Crippen LogP) is 5.01. The lowest BCUT2D eigenvalue weighted by Gasteiger charge is -2.11. The summed E-state index contributed by atoms with van der Waals surface area (Å²) in [5, 5.41) is 5.16. The molecule has 3 aromatic rings. The maximum atomic E-state index is 5.99. The van der Waals surface area contributed by atoms with Crippen molar-refractivity contribution in [1.29, 1.82) is 0 Å². The first-order valence-electron chi connectivity index (χ1n) is 6.79. The van der Waals surface area contributed by atoms with E-state index in [0.29, 0.717) is 5.92 Å². The number of nitrogens with two attached hydrogens (primary N) is 1. The lowest BCUT2D eigenvalue weighted by atomic mass is 9.94. The zero-order valence-electron chi connectivity index (χ0n) is 11.7. The van der Waals surface area contributed by atoms with Crippen LogP contribution in [-0.2, 0) is 0 Å². The van der Waals surface area contributed by atoms with Crippen molar-refractivity contribution in [3.63, 3.8) is 0 Å². The first-order valence-corrected chi connectivity index (χ1v) is 6.79. The Labute approximate surface area is 114 Å². The fourth-order valence-electron chi connectivity index (χ4n) is 2.69. The summed E-state index contributed by atoms with van der Waals surface area (Å²) in [6.07, 6.45) is 0. The molecule has 0 radical (unpaired) electrons. The summed E-state index contributed by atoms with van der Waals surface area (Å²) in [7, 11) is 0. The van der Waals surface area contributed by atoms with Crippen LogP contribution in [0.2, 0.25) is 0 Å². The van der Waals surface area contributed by atoms with Crippen molar-refractivity contribution in [2.24, 2.45) is 0 Å². The Bertz CT molecular complexity index is 769. The van der Waals surface area contributed by atoms with Gasteiger partial charge in [0.15, 0.2) is 0 Å². The largest absolute Gasteiger partial charge is 0.398 e. The summed E-state index contributed by atoms with van der Waals surface area (Å²) in [6, 6.07) is 15.3. The molecule has 0 amide bonds. The van der Waals surface area contributed by atoms with Gasteiger partial charge in [0.05, 0.1) is 0 Å². The van der Waals surface area contributed by atoms with Crippen molar-refractivity contribution in [1.82, 2.24) is 0 Å². The van der Waals surface area contributed by atoms with Gasteiger partial charge in [-0.15, -0.1) is 0 Å². The van der Waals surface area contributed by atoms with Crippen LogP contribution in [0.15, 0.2) is 42.5 Å². The maximum absolute atomic E-state index is 5.99. The third kappa shape index (κ3) is 1.86. The van der Waals surface area contributed by atoms with Crippen molar-refractivity contribution >= 4 is 27.2 Å². The van der Waals surface area contributed by atoms with Crippen LogP contribution in [0.4, 0.5) is 5.69 Å². The van der Waals surface area contributed by atoms with Gasteiger partial charge in [-0.05, 0) is 51.6 Å². The van der Waals surface area contributed by atoms with Crippen molar-refractivity contribution in [3.05, 3.63) is 53.6 Å². The van der Waals surface area contributed by atoms with Crippen LogP contribution in [0, 0.1) is 6.92 Å². The number of nitrogen functional groups attached to an aromatic ring is 1. The molecular weight excluding hydrogens is 230 g/mol. The normalized spacial score (nSPS) is 11.6. The van der Waals surface area contributed by atoms with Gasteiger partial charge < -0.3 is 5.73 Å². The van der Waals surface area contributed by atoms with E-state index in [2.05, 4.69) is 57.2 Å². The highest BCUT2D eigenvalue weighted by molar-refractivity contribution is 6.09. The third-order valence-electron chi connectivity index (χ3n) is 4.02. The highest BCUT2D eigenvalue weighted by Gasteiger charge is 2.06. The average Bonchev–Trinajstić information content (AvgIpc) is 2.41. The molecular formula is C18H19N. The second-order valence-corrected chi connectivity index (χ2v) is 5.58. The van der Waals surface area contributed by atoms with Gasteiger partial charge in [0.25, 0.3) is 0 Å². The number of hydrogen-bond donors (Lipinski definition) is 1. The van der Waals surface area contributed by atoms with Gasteiger partial charge in [-0.25, -0.2) is 0 Å². The molecule has 0 aliphatic rings. The van der Waals surface area contributed by atoms with Crippen molar-refractivity contribution in [2.75, 3.05) is 5.73 Å². The quantitative estimate of drug-likeness (QED) is 0.476. The van der Waals surface area contributed by atoms with Gasteiger partial charge in [-0.3, -0.25) is 0 Å². The van der Waals surface area contributed by atoms with E-state index in [4.69, 9.17) is 5.73 Å². The van der Waals surface area contributed by atoms with E-state index in [0.717, 1.165) is 5.69 Å². The van der Waals surface area contributed by atoms with Crippen LogP contribution >= 0.6 is 0 Å². The number of benzene rings is 3. The molecule has 0 saturated carbocycles. The highest BCUT2D eigenvalue weighted by Crippen LogP contribution is 2.31. The Morgan fingerprint density at radius 1 is 0.842 bits per heavy atom. The van der Waals surface area contributed by atoms with Crippen molar-refractivity contribution in [3.8, 4) is 0 Å². The van der Waals surface area contributed by atoms with Crippen LogP contribution in [0.1, 0.15) is 30.9 Å². The smallest absolute Gasteiger partial charge is 0.0350 e. The zero-order chi connectivity index (χ0) is 13.6. The second-order valence-electron chi connectivity index (χ2n) is 5.58. The van der Waals surface area contributed by atoms with Crippen LogP contribution in [0.5, 0.6) is 0 Å². The van der Waals surface area contributed by atoms with Gasteiger partial charge in [0.1, 0.15) is 0 Å². The summed E-state index contributed by atoms with van der Waals surface area (Å²) in [5.41, 5.74) is 9.42. The summed E-state index contributed by atoms with van der Waals surface area (Å²) in [4.78, 5) is 0.